The molecule has 1 N–H and O–H groups in total. The zero-order valence-corrected chi connectivity index (χ0v) is 14.0. The van der Waals surface area contributed by atoms with Crippen molar-refractivity contribution in [3.05, 3.63) is 42.0 Å². The standard InChI is InChI=1S/C18H21F3N2O2/c1-2-23(17(25)18(19,20)21)12-13-7-6-10-15(11-13)22-16(24)14-8-4-3-5-9-14/h3-4,6-7,10-11,14H,2,5,8-9,12H2,1H3,(H,22,24). The van der Waals surface area contributed by atoms with Gasteiger partial charge in [0, 0.05) is 24.7 Å². The first-order chi connectivity index (χ1) is 11.8. The molecule has 0 radical (unpaired) electrons. The highest BCUT2D eigenvalue weighted by Crippen LogP contribution is 2.22. The average molecular weight is 354 g/mol. The minimum absolute atomic E-state index is 0.0522. The van der Waals surface area contributed by atoms with Gasteiger partial charge in [-0.25, -0.2) is 0 Å². The largest absolute Gasteiger partial charge is 0.471 e. The number of carbonyl (C=O) groups excluding carboxylic acids is 2. The molecule has 1 unspecified atom stereocenters. The summed E-state index contributed by atoms with van der Waals surface area (Å²) in [6.07, 6.45) is 1.47. The number of halogens is 3. The lowest BCUT2D eigenvalue weighted by molar-refractivity contribution is -0.185. The number of carbonyl (C=O) groups is 2. The van der Waals surface area contributed by atoms with Crippen LogP contribution < -0.4 is 5.32 Å². The van der Waals surface area contributed by atoms with E-state index in [9.17, 15) is 22.8 Å². The van der Waals surface area contributed by atoms with Crippen LogP contribution in [0.5, 0.6) is 0 Å². The van der Waals surface area contributed by atoms with Gasteiger partial charge in [0.2, 0.25) is 5.91 Å². The second-order valence-corrected chi connectivity index (χ2v) is 5.99. The van der Waals surface area contributed by atoms with Crippen molar-refractivity contribution in [2.75, 3.05) is 11.9 Å². The number of nitrogens with one attached hydrogen (secondary N) is 1. The van der Waals surface area contributed by atoms with Gasteiger partial charge < -0.3 is 10.2 Å². The molecule has 1 aromatic carbocycles. The maximum atomic E-state index is 12.6. The molecule has 2 rings (SSSR count). The van der Waals surface area contributed by atoms with Gasteiger partial charge in [-0.05, 0) is 43.9 Å². The van der Waals surface area contributed by atoms with Crippen LogP contribution >= 0.6 is 0 Å². The smallest absolute Gasteiger partial charge is 0.331 e. The van der Waals surface area contributed by atoms with Crippen LogP contribution in [0.3, 0.4) is 0 Å². The van der Waals surface area contributed by atoms with E-state index in [1.807, 2.05) is 12.2 Å². The van der Waals surface area contributed by atoms with Crippen LogP contribution in [0.15, 0.2) is 36.4 Å². The van der Waals surface area contributed by atoms with Crippen molar-refractivity contribution in [3.8, 4) is 0 Å². The molecular formula is C18H21F3N2O2. The molecule has 25 heavy (non-hydrogen) atoms. The summed E-state index contributed by atoms with van der Waals surface area (Å²) in [5.41, 5.74) is 1.05. The number of hydrogen-bond acceptors (Lipinski definition) is 2. The van der Waals surface area contributed by atoms with Crippen molar-refractivity contribution in [3.63, 3.8) is 0 Å². The van der Waals surface area contributed by atoms with Gasteiger partial charge in [0.25, 0.3) is 0 Å². The van der Waals surface area contributed by atoms with Gasteiger partial charge in [-0.3, -0.25) is 9.59 Å². The van der Waals surface area contributed by atoms with Crippen molar-refractivity contribution < 1.29 is 22.8 Å². The van der Waals surface area contributed by atoms with Gasteiger partial charge in [0.15, 0.2) is 0 Å². The number of alkyl halides is 3. The molecule has 7 heteroatoms. The molecule has 0 heterocycles. The maximum Gasteiger partial charge on any atom is 0.471 e. The third-order valence-corrected chi connectivity index (χ3v) is 4.12. The number of amides is 2. The highest BCUT2D eigenvalue weighted by Gasteiger charge is 2.41. The van der Waals surface area contributed by atoms with E-state index in [1.165, 1.54) is 6.92 Å². The Morgan fingerprint density at radius 2 is 2.04 bits per heavy atom. The Balaban J connectivity index is 2.03. The Kier molecular flexibility index (Phi) is 6.22. The van der Waals surface area contributed by atoms with Crippen LogP contribution in [-0.4, -0.2) is 29.4 Å². The normalized spacial score (nSPS) is 17.2. The van der Waals surface area contributed by atoms with Crippen LogP contribution in [-0.2, 0) is 16.1 Å². The van der Waals surface area contributed by atoms with E-state index < -0.39 is 12.1 Å². The van der Waals surface area contributed by atoms with E-state index >= 15 is 0 Å². The van der Waals surface area contributed by atoms with E-state index in [-0.39, 0.29) is 24.9 Å². The monoisotopic (exact) mass is 354 g/mol. The van der Waals surface area contributed by atoms with Gasteiger partial charge in [0.05, 0.1) is 0 Å². The zero-order chi connectivity index (χ0) is 18.4. The summed E-state index contributed by atoms with van der Waals surface area (Å²) in [5.74, 6) is -2.05. The van der Waals surface area contributed by atoms with Crippen molar-refractivity contribution >= 4 is 17.5 Å². The summed E-state index contributed by atoms with van der Waals surface area (Å²) < 4.78 is 37.8. The number of anilines is 1. The quantitative estimate of drug-likeness (QED) is 0.816. The molecule has 1 aliphatic carbocycles. The van der Waals surface area contributed by atoms with E-state index in [2.05, 4.69) is 5.32 Å². The predicted octanol–water partition coefficient (Wildman–Crippen LogP) is 3.89. The average Bonchev–Trinajstić information content (AvgIpc) is 2.59. The molecule has 0 spiro atoms. The minimum atomic E-state index is -4.89. The van der Waals surface area contributed by atoms with Gasteiger partial charge >= 0.3 is 12.1 Å². The molecule has 1 aromatic rings. The fourth-order valence-corrected chi connectivity index (χ4v) is 2.75. The first-order valence-electron chi connectivity index (χ1n) is 8.22. The Morgan fingerprint density at radius 1 is 1.28 bits per heavy atom. The lowest BCUT2D eigenvalue weighted by atomic mass is 9.93. The van der Waals surface area contributed by atoms with E-state index in [1.54, 1.807) is 24.3 Å². The molecule has 4 nitrogen and oxygen atoms in total. The minimum Gasteiger partial charge on any atom is -0.331 e. The Hall–Kier alpha value is -2.31. The molecule has 0 aromatic heterocycles. The number of nitrogens with zero attached hydrogens (tertiary/aromatic N) is 1. The topological polar surface area (TPSA) is 49.4 Å². The predicted molar refractivity (Wildman–Crippen MR) is 88.7 cm³/mol. The third-order valence-electron chi connectivity index (χ3n) is 4.12. The summed E-state index contributed by atoms with van der Waals surface area (Å²) in [5, 5.41) is 2.80. The van der Waals surface area contributed by atoms with Crippen molar-refractivity contribution in [1.29, 1.82) is 0 Å². The molecule has 1 atom stereocenters. The van der Waals surface area contributed by atoms with Crippen molar-refractivity contribution in [1.82, 2.24) is 4.90 Å². The number of benzene rings is 1. The Labute approximate surface area is 144 Å². The molecule has 0 bridgehead atoms. The fraction of sp³-hybridized carbons (Fsp3) is 0.444. The van der Waals surface area contributed by atoms with E-state index in [0.717, 1.165) is 17.7 Å². The SMILES string of the molecule is CCN(Cc1cccc(NC(=O)C2CC=CCC2)c1)C(=O)C(F)(F)F. The number of allylic oxidation sites excluding steroid dienone is 2. The van der Waals surface area contributed by atoms with E-state index in [0.29, 0.717) is 17.7 Å². The molecule has 2 amide bonds. The zero-order valence-electron chi connectivity index (χ0n) is 14.0. The number of rotatable bonds is 5. The first kappa shape index (κ1) is 19.0. The fourth-order valence-electron chi connectivity index (χ4n) is 2.75. The molecule has 1 aliphatic rings. The molecule has 0 saturated heterocycles. The van der Waals surface area contributed by atoms with Crippen LogP contribution in [0.25, 0.3) is 0 Å². The summed E-state index contributed by atoms with van der Waals surface area (Å²) in [6.45, 7) is 1.28. The molecule has 136 valence electrons. The van der Waals surface area contributed by atoms with Crippen molar-refractivity contribution in [2.45, 2.75) is 38.9 Å². The highest BCUT2D eigenvalue weighted by atomic mass is 19.4. The second kappa shape index (κ2) is 8.18. The van der Waals surface area contributed by atoms with E-state index in [4.69, 9.17) is 0 Å². The highest BCUT2D eigenvalue weighted by molar-refractivity contribution is 5.92. The van der Waals surface area contributed by atoms with Crippen LogP contribution in [0.4, 0.5) is 18.9 Å². The van der Waals surface area contributed by atoms with Crippen molar-refractivity contribution in [2.24, 2.45) is 5.92 Å². The van der Waals surface area contributed by atoms with Crippen LogP contribution in [0.2, 0.25) is 0 Å². The van der Waals surface area contributed by atoms with Gasteiger partial charge in [-0.1, -0.05) is 24.3 Å². The van der Waals surface area contributed by atoms with Crippen LogP contribution in [0.1, 0.15) is 31.7 Å². The Bertz CT molecular complexity index is 656. The molecular weight excluding hydrogens is 333 g/mol. The van der Waals surface area contributed by atoms with Gasteiger partial charge in [0.1, 0.15) is 0 Å². The lowest BCUT2D eigenvalue weighted by Gasteiger charge is -2.22. The summed E-state index contributed by atoms with van der Waals surface area (Å²) >= 11 is 0. The molecule has 0 aliphatic heterocycles. The molecule has 0 fully saturated rings. The molecule has 0 saturated carbocycles. The summed E-state index contributed by atoms with van der Waals surface area (Å²) in [6, 6.07) is 6.56. The lowest BCUT2D eigenvalue weighted by Crippen LogP contribution is -2.40. The maximum absolute atomic E-state index is 12.6. The van der Waals surface area contributed by atoms with Crippen LogP contribution in [0, 0.1) is 5.92 Å². The third kappa shape index (κ3) is 5.34. The summed E-state index contributed by atoms with van der Waals surface area (Å²) in [4.78, 5) is 24.4. The summed E-state index contributed by atoms with van der Waals surface area (Å²) in [7, 11) is 0. The van der Waals surface area contributed by atoms with Gasteiger partial charge in [-0.2, -0.15) is 13.2 Å². The first-order valence-corrected chi connectivity index (χ1v) is 8.22. The van der Waals surface area contributed by atoms with Gasteiger partial charge in [-0.15, -0.1) is 0 Å². The Morgan fingerprint density at radius 3 is 2.64 bits per heavy atom. The number of hydrogen-bond donors (Lipinski definition) is 1. The second-order valence-electron chi connectivity index (χ2n) is 5.99.